The maximum atomic E-state index is 12.4. The van der Waals surface area contributed by atoms with Crippen LogP contribution in [0.2, 0.25) is 0 Å². The van der Waals surface area contributed by atoms with E-state index in [4.69, 9.17) is 32.1 Å². The molecular formula is C59H49N6O12S2-. The molecule has 79 heavy (non-hydrogen) atoms. The molecule has 2 aliphatic rings. The van der Waals surface area contributed by atoms with E-state index < -0.39 is 90.9 Å². The number of anilines is 1. The Hall–Kier alpha value is -9.41. The van der Waals surface area contributed by atoms with Gasteiger partial charge in [0, 0.05) is 45.9 Å². The van der Waals surface area contributed by atoms with Crippen LogP contribution in [0.5, 0.6) is 11.5 Å². The number of allylic oxidation sites excluding steroid dienone is 4. The molecule has 0 unspecified atom stereocenters. The summed E-state index contributed by atoms with van der Waals surface area (Å²) in [5, 5.41) is 21.3. The number of hydrogen-bond donors (Lipinski definition) is 0. The zero-order valence-electron chi connectivity index (χ0n) is 43.5. The van der Waals surface area contributed by atoms with E-state index in [1.165, 1.54) is 68.9 Å². The van der Waals surface area contributed by atoms with Gasteiger partial charge in [0.1, 0.15) is 65.2 Å². The summed E-state index contributed by atoms with van der Waals surface area (Å²) in [6.07, 6.45) is 6.83. The summed E-state index contributed by atoms with van der Waals surface area (Å²) in [5.41, 5.74) is 5.97. The molecule has 8 rings (SSSR count). The molecule has 0 aromatic heterocycles. The van der Waals surface area contributed by atoms with Crippen LogP contribution in [0.15, 0.2) is 155 Å². The number of esters is 2. The van der Waals surface area contributed by atoms with Gasteiger partial charge in [-0.15, -0.1) is 0 Å². The standard InChI is InChI=1S/C30H20N4O12S2.C29H31N2/c1-33-23(17-31)21-15-26(44-12-14-46-30(36)20-8-4-6-10-28(20)48(40,41)42)22(24(18-32)34-2)16-25(21)43-11-13-45-29(35)19-7-3-5-9-27(19)47(37,38)39;1-28(2)22-14-9-10-15-24(22)30(5)25(28)16-11-17-26-29(3,4)23-19-18-20-12-7-8-13-21(20)27(23)31(26)6/h3-10,15-16H,11-14H2,(H,37,38,39)(H,40,41,42);7-19H,1-6H3/q;+1/p-2/b23-21-,24-22+;. The van der Waals surface area contributed by atoms with Gasteiger partial charge in [-0.05, 0) is 79.4 Å². The highest BCUT2D eigenvalue weighted by Crippen LogP contribution is 2.47. The molecule has 0 spiro atoms. The zero-order valence-corrected chi connectivity index (χ0v) is 45.1. The number of rotatable bonds is 14. The molecule has 400 valence electrons. The van der Waals surface area contributed by atoms with E-state index in [1.54, 1.807) is 12.1 Å². The minimum atomic E-state index is -4.99. The molecule has 6 aromatic carbocycles. The van der Waals surface area contributed by atoms with Crippen LogP contribution in [0.4, 0.5) is 11.4 Å². The molecule has 0 bridgehead atoms. The Balaban J connectivity index is 0.000000249. The molecule has 0 amide bonds. The Kier molecular flexibility index (Phi) is 17.0. The van der Waals surface area contributed by atoms with Crippen LogP contribution in [0.25, 0.3) is 31.9 Å². The minimum absolute atomic E-state index is 0.00336. The van der Waals surface area contributed by atoms with Crippen molar-refractivity contribution >= 4 is 71.4 Å². The van der Waals surface area contributed by atoms with Gasteiger partial charge in [0.25, 0.3) is 11.4 Å². The van der Waals surface area contributed by atoms with Gasteiger partial charge in [-0.1, -0.05) is 92.7 Å². The highest BCUT2D eigenvalue weighted by Gasteiger charge is 2.44. The predicted octanol–water partition coefficient (Wildman–Crippen LogP) is 7.78. The summed E-state index contributed by atoms with van der Waals surface area (Å²) in [7, 11) is -5.61. The molecule has 18 nitrogen and oxygen atoms in total. The number of hydrogen-bond acceptors (Lipinski definition) is 15. The van der Waals surface area contributed by atoms with Crippen LogP contribution in [-0.4, -0.2) is 88.7 Å². The van der Waals surface area contributed by atoms with Crippen LogP contribution in [0, 0.1) is 35.8 Å². The number of likely N-dealkylation sites (N-methyl/N-ethyl adjacent to an activating group) is 1. The highest BCUT2D eigenvalue weighted by atomic mass is 32.2. The predicted molar refractivity (Wildman–Crippen MR) is 290 cm³/mol. The fraction of sp³-hybridized carbons (Fsp3) is 0.203. The van der Waals surface area contributed by atoms with Crippen LogP contribution >= 0.6 is 0 Å². The molecule has 0 radical (unpaired) electrons. The fourth-order valence-electron chi connectivity index (χ4n) is 9.54. The second-order valence-electron chi connectivity index (χ2n) is 18.7. The summed E-state index contributed by atoms with van der Waals surface area (Å²) in [5.74, 6) is -2.75. The lowest BCUT2D eigenvalue weighted by Crippen LogP contribution is -2.26. The first kappa shape index (κ1) is 57.3. The molecule has 20 heteroatoms. The lowest BCUT2D eigenvalue weighted by molar-refractivity contribution is -0.399. The quantitative estimate of drug-likeness (QED) is 0.0332. The molecule has 2 heterocycles. The molecular weight excluding hydrogens is 1050 g/mol. The molecule has 0 N–H and O–H groups in total. The molecule has 0 aliphatic carbocycles. The molecule has 0 saturated heterocycles. The first-order chi connectivity index (χ1) is 37.5. The van der Waals surface area contributed by atoms with Gasteiger partial charge in [0.05, 0.1) is 57.0 Å². The number of nitrogens with zero attached hydrogens (tertiary/aromatic N) is 6. The van der Waals surface area contributed by atoms with Crippen molar-refractivity contribution in [2.24, 2.45) is 0 Å². The van der Waals surface area contributed by atoms with Crippen molar-refractivity contribution in [1.82, 2.24) is 0 Å². The van der Waals surface area contributed by atoms with Crippen LogP contribution in [0.1, 0.15) is 59.5 Å². The Labute approximate surface area is 457 Å². The van der Waals surface area contributed by atoms with Gasteiger partial charge in [-0.3, -0.25) is 0 Å². The third-order valence-electron chi connectivity index (χ3n) is 13.3. The van der Waals surface area contributed by atoms with E-state index >= 15 is 0 Å². The lowest BCUT2D eigenvalue weighted by Gasteiger charge is -2.23. The van der Waals surface area contributed by atoms with E-state index in [0.29, 0.717) is 0 Å². The first-order valence-electron chi connectivity index (χ1n) is 24.0. The smallest absolute Gasteiger partial charge is 0.339 e. The molecule has 0 saturated carbocycles. The zero-order chi connectivity index (χ0) is 57.5. The molecule has 0 atom stereocenters. The van der Waals surface area contributed by atoms with Crippen LogP contribution < -0.4 is 24.8 Å². The summed E-state index contributed by atoms with van der Waals surface area (Å²) in [4.78, 5) is 31.9. The van der Waals surface area contributed by atoms with Crippen molar-refractivity contribution in [3.05, 3.63) is 201 Å². The number of carbonyl (C=O) groups is 2. The van der Waals surface area contributed by atoms with Crippen molar-refractivity contribution < 1.29 is 59.1 Å². The number of carbonyl (C=O) groups excluding carboxylic acids is 2. The summed E-state index contributed by atoms with van der Waals surface area (Å²) in [6, 6.07) is 36.6. The minimum Gasteiger partial charge on any atom is -0.744 e. The Morgan fingerprint density at radius 1 is 0.671 bits per heavy atom. The summed E-state index contributed by atoms with van der Waals surface area (Å²) < 4.78 is 92.3. The Bertz CT molecular complexity index is 3920. The van der Waals surface area contributed by atoms with Crippen molar-refractivity contribution in [1.29, 1.82) is 10.5 Å². The third-order valence-corrected chi connectivity index (χ3v) is 15.1. The number of nitriles is 2. The van der Waals surface area contributed by atoms with Gasteiger partial charge >= 0.3 is 11.9 Å². The van der Waals surface area contributed by atoms with E-state index in [2.05, 4.69) is 140 Å². The monoisotopic (exact) mass is 1100 g/mol. The topological polar surface area (TPSA) is 248 Å². The van der Waals surface area contributed by atoms with Crippen molar-refractivity contribution in [3.63, 3.8) is 0 Å². The first-order valence-corrected chi connectivity index (χ1v) is 26.9. The van der Waals surface area contributed by atoms with Crippen LogP contribution in [0.3, 0.4) is 0 Å². The van der Waals surface area contributed by atoms with E-state index in [-0.39, 0.29) is 32.8 Å². The fourth-order valence-corrected chi connectivity index (χ4v) is 10.9. The van der Waals surface area contributed by atoms with Gasteiger partial charge < -0.3 is 33.0 Å². The van der Waals surface area contributed by atoms with Crippen molar-refractivity contribution in [3.8, 4) is 23.6 Å². The van der Waals surface area contributed by atoms with Gasteiger partial charge in [0.15, 0.2) is 5.71 Å². The third kappa shape index (κ3) is 11.9. The lowest BCUT2D eigenvalue weighted by atomic mass is 9.80. The Morgan fingerprint density at radius 3 is 1.65 bits per heavy atom. The number of benzene rings is 6. The highest BCUT2D eigenvalue weighted by molar-refractivity contribution is 7.86. The SMILES string of the molecule is CN1C(=CC=CC2=[N+](C)c3c(ccc4ccccc34)C2(C)C)C(C)(C)c2ccccc21.[C-]#[N+]/C(C#N)=c1/cc(OCCOC(=O)c2ccccc2S(=O)(=O)[O-])/c(=C(\C#N)[N+]#[C-])cc1OCCOC(=O)c1ccccc1S(=O)(=O)[O-]. The van der Waals surface area contributed by atoms with E-state index in [9.17, 15) is 46.1 Å². The largest absolute Gasteiger partial charge is 0.744 e. The van der Waals surface area contributed by atoms with E-state index in [1.807, 2.05) is 0 Å². The summed E-state index contributed by atoms with van der Waals surface area (Å²) >= 11 is 0. The van der Waals surface area contributed by atoms with Gasteiger partial charge in [0.2, 0.25) is 5.69 Å². The average Bonchev–Trinajstić information content (AvgIpc) is 4.04. The molecule has 6 aromatic rings. The van der Waals surface area contributed by atoms with E-state index in [0.717, 1.165) is 36.4 Å². The maximum absolute atomic E-state index is 12.4. The van der Waals surface area contributed by atoms with Crippen LogP contribution in [-0.2, 0) is 40.5 Å². The van der Waals surface area contributed by atoms with Gasteiger partial charge in [-0.2, -0.15) is 4.58 Å². The summed E-state index contributed by atoms with van der Waals surface area (Å²) in [6.45, 7) is 22.1. The Morgan fingerprint density at radius 2 is 1.15 bits per heavy atom. The number of fused-ring (bicyclic) bond motifs is 4. The second-order valence-corrected chi connectivity index (χ2v) is 21.4. The number of ether oxygens (including phenoxy) is 4. The normalized spacial score (nSPS) is 15.3. The second kappa shape index (κ2) is 23.5. The number of para-hydroxylation sites is 1. The van der Waals surface area contributed by atoms with Gasteiger partial charge in [-0.25, -0.2) is 46.6 Å². The van der Waals surface area contributed by atoms with Crippen molar-refractivity contribution in [2.45, 2.75) is 48.3 Å². The maximum Gasteiger partial charge on any atom is 0.339 e. The molecule has 2 aliphatic heterocycles. The average molecular weight is 1100 g/mol. The molecule has 0 fully saturated rings. The van der Waals surface area contributed by atoms with Crippen molar-refractivity contribution in [2.75, 3.05) is 45.4 Å².